The number of nitrogens with one attached hydrogen (secondary N) is 1. The molecular formula is C15H26N2O3. The van der Waals surface area contributed by atoms with Gasteiger partial charge in [0, 0.05) is 37.9 Å². The number of hydrogen-bond acceptors (Lipinski definition) is 5. The second-order valence-corrected chi connectivity index (χ2v) is 4.70. The molecule has 0 radical (unpaired) electrons. The Kier molecular flexibility index (Phi) is 7.36. The quantitative estimate of drug-likeness (QED) is 0.744. The van der Waals surface area contributed by atoms with Crippen molar-refractivity contribution >= 4 is 0 Å². The molecule has 5 heteroatoms. The highest BCUT2D eigenvalue weighted by Crippen LogP contribution is 2.29. The molecule has 5 nitrogen and oxygen atoms in total. The molecule has 1 aromatic carbocycles. The SMILES string of the molecule is CNC(CN(C)CCOC)c1ccc(OC)cc1OC. The van der Waals surface area contributed by atoms with Gasteiger partial charge in [0.05, 0.1) is 20.8 Å². The van der Waals surface area contributed by atoms with Crippen LogP contribution in [-0.2, 0) is 4.74 Å². The lowest BCUT2D eigenvalue weighted by Crippen LogP contribution is -2.33. The average molecular weight is 282 g/mol. The van der Waals surface area contributed by atoms with Gasteiger partial charge >= 0.3 is 0 Å². The molecule has 0 aromatic heterocycles. The van der Waals surface area contributed by atoms with E-state index in [1.54, 1.807) is 21.3 Å². The van der Waals surface area contributed by atoms with Crippen LogP contribution in [0.25, 0.3) is 0 Å². The molecule has 0 aliphatic carbocycles. The molecule has 1 N–H and O–H groups in total. The maximum Gasteiger partial charge on any atom is 0.127 e. The molecule has 0 amide bonds. The van der Waals surface area contributed by atoms with E-state index in [-0.39, 0.29) is 6.04 Å². The van der Waals surface area contributed by atoms with Gasteiger partial charge in [-0.3, -0.25) is 0 Å². The highest BCUT2D eigenvalue weighted by atomic mass is 16.5. The Morgan fingerprint density at radius 1 is 1.20 bits per heavy atom. The summed E-state index contributed by atoms with van der Waals surface area (Å²) < 4.78 is 15.8. The fourth-order valence-corrected chi connectivity index (χ4v) is 2.10. The smallest absolute Gasteiger partial charge is 0.127 e. The first-order valence-corrected chi connectivity index (χ1v) is 6.72. The lowest BCUT2D eigenvalue weighted by molar-refractivity contribution is 0.156. The van der Waals surface area contributed by atoms with Crippen molar-refractivity contribution < 1.29 is 14.2 Å². The van der Waals surface area contributed by atoms with Gasteiger partial charge in [-0.2, -0.15) is 0 Å². The van der Waals surface area contributed by atoms with Crippen molar-refractivity contribution in [3.8, 4) is 11.5 Å². The first-order chi connectivity index (χ1) is 9.65. The Bertz CT molecular complexity index is 399. The zero-order valence-electron chi connectivity index (χ0n) is 13.1. The van der Waals surface area contributed by atoms with Crippen molar-refractivity contribution in [3.63, 3.8) is 0 Å². The minimum absolute atomic E-state index is 0.192. The maximum absolute atomic E-state index is 5.47. The van der Waals surface area contributed by atoms with Crippen molar-refractivity contribution in [2.24, 2.45) is 0 Å². The van der Waals surface area contributed by atoms with E-state index in [4.69, 9.17) is 14.2 Å². The van der Waals surface area contributed by atoms with Crippen LogP contribution in [0.3, 0.4) is 0 Å². The van der Waals surface area contributed by atoms with Gasteiger partial charge in [-0.05, 0) is 20.2 Å². The van der Waals surface area contributed by atoms with Gasteiger partial charge in [0.15, 0.2) is 0 Å². The molecule has 1 unspecified atom stereocenters. The Morgan fingerprint density at radius 2 is 1.95 bits per heavy atom. The van der Waals surface area contributed by atoms with E-state index in [1.165, 1.54) is 0 Å². The third-order valence-electron chi connectivity index (χ3n) is 3.34. The lowest BCUT2D eigenvalue weighted by atomic mass is 10.0. The molecule has 0 bridgehead atoms. The Labute approximate surface area is 121 Å². The first-order valence-electron chi connectivity index (χ1n) is 6.72. The number of hydrogen-bond donors (Lipinski definition) is 1. The Balaban J connectivity index is 2.83. The van der Waals surface area contributed by atoms with Gasteiger partial charge < -0.3 is 24.4 Å². The van der Waals surface area contributed by atoms with E-state index in [2.05, 4.69) is 17.3 Å². The number of methoxy groups -OCH3 is 3. The largest absolute Gasteiger partial charge is 0.497 e. The van der Waals surface area contributed by atoms with Crippen LogP contribution in [0.4, 0.5) is 0 Å². The summed E-state index contributed by atoms with van der Waals surface area (Å²) in [6, 6.07) is 6.10. The van der Waals surface area contributed by atoms with Crippen LogP contribution in [0.15, 0.2) is 18.2 Å². The number of nitrogens with zero attached hydrogens (tertiary/aromatic N) is 1. The zero-order chi connectivity index (χ0) is 15.0. The van der Waals surface area contributed by atoms with Gasteiger partial charge in [-0.15, -0.1) is 0 Å². The summed E-state index contributed by atoms with van der Waals surface area (Å²) in [6.07, 6.45) is 0. The first kappa shape index (κ1) is 16.8. The molecule has 0 fully saturated rings. The summed E-state index contributed by atoms with van der Waals surface area (Å²) in [7, 11) is 9.09. The molecule has 0 saturated carbocycles. The van der Waals surface area contributed by atoms with E-state index >= 15 is 0 Å². The van der Waals surface area contributed by atoms with Crippen molar-refractivity contribution in [1.82, 2.24) is 10.2 Å². The molecule has 1 atom stereocenters. The molecule has 20 heavy (non-hydrogen) atoms. The summed E-state index contributed by atoms with van der Waals surface area (Å²) in [6.45, 7) is 2.50. The van der Waals surface area contributed by atoms with Crippen molar-refractivity contribution in [3.05, 3.63) is 23.8 Å². The van der Waals surface area contributed by atoms with E-state index < -0.39 is 0 Å². The third kappa shape index (κ3) is 4.67. The average Bonchev–Trinajstić information content (AvgIpc) is 2.49. The van der Waals surface area contributed by atoms with E-state index in [0.717, 1.165) is 36.8 Å². The predicted octanol–water partition coefficient (Wildman–Crippen LogP) is 1.54. The van der Waals surface area contributed by atoms with E-state index in [9.17, 15) is 0 Å². The Morgan fingerprint density at radius 3 is 2.50 bits per heavy atom. The molecule has 114 valence electrons. The standard InChI is InChI=1S/C15H26N2O3/c1-16-14(11-17(2)8-9-18-3)13-7-6-12(19-4)10-15(13)20-5/h6-7,10,14,16H,8-9,11H2,1-5H3. The van der Waals surface area contributed by atoms with E-state index in [1.807, 2.05) is 25.2 Å². The van der Waals surface area contributed by atoms with Gasteiger partial charge in [0.2, 0.25) is 0 Å². The highest BCUT2D eigenvalue weighted by Gasteiger charge is 2.17. The fraction of sp³-hybridized carbons (Fsp3) is 0.600. The molecule has 1 aromatic rings. The summed E-state index contributed by atoms with van der Waals surface area (Å²) in [4.78, 5) is 2.23. The minimum atomic E-state index is 0.192. The molecule has 1 rings (SSSR count). The fourth-order valence-electron chi connectivity index (χ4n) is 2.10. The summed E-state index contributed by atoms with van der Waals surface area (Å²) in [5, 5.41) is 3.33. The van der Waals surface area contributed by atoms with Gasteiger partial charge in [0.1, 0.15) is 11.5 Å². The van der Waals surface area contributed by atoms with Crippen molar-refractivity contribution in [1.29, 1.82) is 0 Å². The lowest BCUT2D eigenvalue weighted by Gasteiger charge is -2.25. The molecular weight excluding hydrogens is 256 g/mol. The summed E-state index contributed by atoms with van der Waals surface area (Å²) >= 11 is 0. The maximum atomic E-state index is 5.47. The second kappa shape index (κ2) is 8.79. The van der Waals surface area contributed by atoms with Crippen LogP contribution in [0.1, 0.15) is 11.6 Å². The number of ether oxygens (including phenoxy) is 3. The topological polar surface area (TPSA) is 43.0 Å². The number of rotatable bonds is 9. The second-order valence-electron chi connectivity index (χ2n) is 4.70. The molecule has 0 aliphatic rings. The molecule has 0 aliphatic heterocycles. The summed E-state index contributed by atoms with van der Waals surface area (Å²) in [5.41, 5.74) is 1.13. The van der Waals surface area contributed by atoms with E-state index in [0.29, 0.717) is 0 Å². The predicted molar refractivity (Wildman–Crippen MR) is 80.7 cm³/mol. The highest BCUT2D eigenvalue weighted by molar-refractivity contribution is 5.42. The van der Waals surface area contributed by atoms with Crippen LogP contribution in [0.5, 0.6) is 11.5 Å². The van der Waals surface area contributed by atoms with Crippen molar-refractivity contribution in [2.45, 2.75) is 6.04 Å². The van der Waals surface area contributed by atoms with Crippen LogP contribution in [-0.4, -0.2) is 60.0 Å². The van der Waals surface area contributed by atoms with Crippen LogP contribution >= 0.6 is 0 Å². The van der Waals surface area contributed by atoms with Gasteiger partial charge in [0.25, 0.3) is 0 Å². The molecule has 0 heterocycles. The van der Waals surface area contributed by atoms with Gasteiger partial charge in [-0.1, -0.05) is 6.07 Å². The van der Waals surface area contributed by atoms with Crippen LogP contribution < -0.4 is 14.8 Å². The van der Waals surface area contributed by atoms with Crippen molar-refractivity contribution in [2.75, 3.05) is 55.1 Å². The summed E-state index contributed by atoms with van der Waals surface area (Å²) in [5.74, 6) is 1.64. The number of benzene rings is 1. The third-order valence-corrected chi connectivity index (χ3v) is 3.34. The number of likely N-dealkylation sites (N-methyl/N-ethyl adjacent to an activating group) is 2. The van der Waals surface area contributed by atoms with Crippen LogP contribution in [0, 0.1) is 0 Å². The van der Waals surface area contributed by atoms with Crippen LogP contribution in [0.2, 0.25) is 0 Å². The Hall–Kier alpha value is -1.30. The normalized spacial score (nSPS) is 12.5. The minimum Gasteiger partial charge on any atom is -0.497 e. The zero-order valence-corrected chi connectivity index (χ0v) is 13.1. The molecule has 0 saturated heterocycles. The van der Waals surface area contributed by atoms with Gasteiger partial charge in [-0.25, -0.2) is 0 Å². The molecule has 0 spiro atoms. The monoisotopic (exact) mass is 282 g/mol.